The van der Waals surface area contributed by atoms with Crippen LogP contribution in [0.3, 0.4) is 0 Å². The van der Waals surface area contributed by atoms with Gasteiger partial charge in [-0.2, -0.15) is 5.26 Å². The largest absolute Gasteiger partial charge is 0.317 e. The van der Waals surface area contributed by atoms with E-state index in [1.54, 1.807) is 0 Å². The molecule has 2 nitrogen and oxygen atoms in total. The van der Waals surface area contributed by atoms with Crippen LogP contribution >= 0.6 is 0 Å². The highest BCUT2D eigenvalue weighted by Gasteiger charge is 2.14. The number of nitriles is 1. The molecule has 0 unspecified atom stereocenters. The molecule has 0 atom stereocenters. The van der Waals surface area contributed by atoms with Gasteiger partial charge in [0.15, 0.2) is 0 Å². The first-order valence-corrected chi connectivity index (χ1v) is 5.24. The molecule has 0 aromatic carbocycles. The fraction of sp³-hybridized carbons (Fsp3) is 0.909. The van der Waals surface area contributed by atoms with E-state index in [9.17, 15) is 0 Å². The lowest BCUT2D eigenvalue weighted by molar-refractivity contribution is 0.430. The van der Waals surface area contributed by atoms with E-state index in [0.29, 0.717) is 0 Å². The van der Waals surface area contributed by atoms with Gasteiger partial charge in [-0.05, 0) is 39.8 Å². The molecule has 0 rings (SSSR count). The maximum Gasteiger partial charge on any atom is 0.0684 e. The van der Waals surface area contributed by atoms with Crippen molar-refractivity contribution < 1.29 is 0 Å². The van der Waals surface area contributed by atoms with Crippen molar-refractivity contribution in [1.29, 1.82) is 5.26 Å². The maximum absolute atomic E-state index is 8.76. The summed E-state index contributed by atoms with van der Waals surface area (Å²) in [6, 6.07) is 2.30. The summed E-state index contributed by atoms with van der Waals surface area (Å²) in [5, 5.41) is 12.1. The number of nitrogens with zero attached hydrogens (tertiary/aromatic N) is 1. The Morgan fingerprint density at radius 3 is 2.46 bits per heavy atom. The average Bonchev–Trinajstić information content (AvgIpc) is 2.11. The standard InChI is InChI=1S/C11H22N2/c1-4-5-6-8-13-9-7-11(2,3)10-12/h13H,4-9H2,1-3H3. The Bertz CT molecular complexity index is 156. The van der Waals surface area contributed by atoms with Crippen molar-refractivity contribution in [3.8, 4) is 6.07 Å². The molecule has 0 heterocycles. The summed E-state index contributed by atoms with van der Waals surface area (Å²) in [5.74, 6) is 0. The van der Waals surface area contributed by atoms with Gasteiger partial charge in [-0.25, -0.2) is 0 Å². The predicted octanol–water partition coefficient (Wildman–Crippen LogP) is 2.71. The van der Waals surface area contributed by atoms with Crippen LogP contribution in [-0.2, 0) is 0 Å². The van der Waals surface area contributed by atoms with Crippen LogP contribution in [0, 0.1) is 16.7 Å². The van der Waals surface area contributed by atoms with Crippen molar-refractivity contribution >= 4 is 0 Å². The van der Waals surface area contributed by atoms with Gasteiger partial charge < -0.3 is 5.32 Å². The van der Waals surface area contributed by atoms with E-state index in [4.69, 9.17) is 5.26 Å². The zero-order chi connectivity index (χ0) is 10.2. The van der Waals surface area contributed by atoms with Crippen LogP contribution < -0.4 is 5.32 Å². The van der Waals surface area contributed by atoms with Crippen LogP contribution in [0.15, 0.2) is 0 Å². The first-order valence-electron chi connectivity index (χ1n) is 5.24. The quantitative estimate of drug-likeness (QED) is 0.614. The number of unbranched alkanes of at least 4 members (excludes halogenated alkanes) is 2. The Labute approximate surface area is 82.3 Å². The Morgan fingerprint density at radius 2 is 1.92 bits per heavy atom. The molecule has 0 saturated carbocycles. The summed E-state index contributed by atoms with van der Waals surface area (Å²) in [5.41, 5.74) is -0.169. The third kappa shape index (κ3) is 7.80. The Balaban J connectivity index is 3.22. The van der Waals surface area contributed by atoms with E-state index >= 15 is 0 Å². The second kappa shape index (κ2) is 6.91. The molecule has 0 radical (unpaired) electrons. The average molecular weight is 182 g/mol. The molecule has 0 aliphatic carbocycles. The Morgan fingerprint density at radius 1 is 1.23 bits per heavy atom. The van der Waals surface area contributed by atoms with E-state index in [0.717, 1.165) is 19.5 Å². The lowest BCUT2D eigenvalue weighted by Crippen LogP contribution is -2.22. The van der Waals surface area contributed by atoms with Crippen molar-refractivity contribution in [2.75, 3.05) is 13.1 Å². The van der Waals surface area contributed by atoms with Gasteiger partial charge in [0.25, 0.3) is 0 Å². The fourth-order valence-electron chi connectivity index (χ4n) is 1.08. The Kier molecular flexibility index (Phi) is 6.62. The molecule has 0 amide bonds. The summed E-state index contributed by atoms with van der Waals surface area (Å²) < 4.78 is 0. The summed E-state index contributed by atoms with van der Waals surface area (Å²) in [6.45, 7) is 8.24. The van der Waals surface area contributed by atoms with Crippen molar-refractivity contribution in [2.24, 2.45) is 5.41 Å². The Hall–Kier alpha value is -0.550. The highest BCUT2D eigenvalue weighted by atomic mass is 14.8. The van der Waals surface area contributed by atoms with E-state index in [-0.39, 0.29) is 5.41 Å². The molecule has 0 aromatic rings. The highest BCUT2D eigenvalue weighted by molar-refractivity contribution is 4.91. The van der Waals surface area contributed by atoms with Crippen LogP contribution in [0.4, 0.5) is 0 Å². The second-order valence-corrected chi connectivity index (χ2v) is 4.20. The van der Waals surface area contributed by atoms with Crippen molar-refractivity contribution in [3.63, 3.8) is 0 Å². The minimum Gasteiger partial charge on any atom is -0.317 e. The van der Waals surface area contributed by atoms with Crippen LogP contribution in [-0.4, -0.2) is 13.1 Å². The van der Waals surface area contributed by atoms with Crippen molar-refractivity contribution in [2.45, 2.75) is 46.5 Å². The number of nitrogens with one attached hydrogen (secondary N) is 1. The van der Waals surface area contributed by atoms with Gasteiger partial charge in [0.05, 0.1) is 11.5 Å². The van der Waals surface area contributed by atoms with Gasteiger partial charge in [0.2, 0.25) is 0 Å². The minimum atomic E-state index is -0.169. The third-order valence-electron chi connectivity index (χ3n) is 2.19. The van der Waals surface area contributed by atoms with Crippen molar-refractivity contribution in [3.05, 3.63) is 0 Å². The lowest BCUT2D eigenvalue weighted by atomic mass is 9.91. The van der Waals surface area contributed by atoms with Gasteiger partial charge >= 0.3 is 0 Å². The summed E-state index contributed by atoms with van der Waals surface area (Å²) >= 11 is 0. The number of hydrogen-bond donors (Lipinski definition) is 1. The zero-order valence-electron chi connectivity index (χ0n) is 9.19. The topological polar surface area (TPSA) is 35.8 Å². The van der Waals surface area contributed by atoms with Gasteiger partial charge in [-0.15, -0.1) is 0 Å². The molecule has 0 spiro atoms. The summed E-state index contributed by atoms with van der Waals surface area (Å²) in [6.07, 6.45) is 4.76. The number of rotatable bonds is 7. The smallest absolute Gasteiger partial charge is 0.0684 e. The van der Waals surface area contributed by atoms with Crippen LogP contribution in [0.1, 0.15) is 46.5 Å². The molecule has 0 aromatic heterocycles. The van der Waals surface area contributed by atoms with Crippen LogP contribution in [0.25, 0.3) is 0 Å². The maximum atomic E-state index is 8.76. The predicted molar refractivity (Wildman–Crippen MR) is 56.4 cm³/mol. The van der Waals surface area contributed by atoms with Gasteiger partial charge in [0.1, 0.15) is 0 Å². The molecule has 0 aliphatic heterocycles. The first kappa shape index (κ1) is 12.4. The molecule has 13 heavy (non-hydrogen) atoms. The van der Waals surface area contributed by atoms with Gasteiger partial charge in [-0.3, -0.25) is 0 Å². The summed E-state index contributed by atoms with van der Waals surface area (Å²) in [4.78, 5) is 0. The molecule has 76 valence electrons. The molecule has 0 saturated heterocycles. The minimum absolute atomic E-state index is 0.169. The molecule has 2 heteroatoms. The summed E-state index contributed by atoms with van der Waals surface area (Å²) in [7, 11) is 0. The molecule has 0 aliphatic rings. The molecule has 0 fully saturated rings. The van der Waals surface area contributed by atoms with E-state index < -0.39 is 0 Å². The van der Waals surface area contributed by atoms with E-state index in [2.05, 4.69) is 18.3 Å². The van der Waals surface area contributed by atoms with Crippen molar-refractivity contribution in [1.82, 2.24) is 5.32 Å². The van der Waals surface area contributed by atoms with Gasteiger partial charge in [-0.1, -0.05) is 19.8 Å². The monoisotopic (exact) mass is 182 g/mol. The normalized spacial score (nSPS) is 11.2. The molecule has 0 bridgehead atoms. The third-order valence-corrected chi connectivity index (χ3v) is 2.19. The first-order chi connectivity index (χ1) is 6.12. The molecular weight excluding hydrogens is 160 g/mol. The zero-order valence-corrected chi connectivity index (χ0v) is 9.19. The van der Waals surface area contributed by atoms with Crippen LogP contribution in [0.5, 0.6) is 0 Å². The fourth-order valence-corrected chi connectivity index (χ4v) is 1.08. The molecular formula is C11H22N2. The van der Waals surface area contributed by atoms with E-state index in [1.807, 2.05) is 13.8 Å². The SMILES string of the molecule is CCCCCNCCC(C)(C)C#N. The molecule has 1 N–H and O–H groups in total. The van der Waals surface area contributed by atoms with Crippen LogP contribution in [0.2, 0.25) is 0 Å². The lowest BCUT2D eigenvalue weighted by Gasteiger charge is -2.14. The van der Waals surface area contributed by atoms with E-state index in [1.165, 1.54) is 19.3 Å². The van der Waals surface area contributed by atoms with Gasteiger partial charge in [0, 0.05) is 0 Å². The number of hydrogen-bond acceptors (Lipinski definition) is 2. The highest BCUT2D eigenvalue weighted by Crippen LogP contribution is 2.16. The second-order valence-electron chi connectivity index (χ2n) is 4.20.